The van der Waals surface area contributed by atoms with E-state index in [2.05, 4.69) is 19.7 Å². The number of rotatable bonds is 3. The molecule has 7 nitrogen and oxygen atoms in total. The molecular formula is C18H24ClN5O2S. The molecule has 0 spiro atoms. The van der Waals surface area contributed by atoms with Gasteiger partial charge in [0.15, 0.2) is 0 Å². The lowest BCUT2D eigenvalue weighted by molar-refractivity contribution is 0.304. The molecule has 0 radical (unpaired) electrons. The zero-order chi connectivity index (χ0) is 19.0. The van der Waals surface area contributed by atoms with Gasteiger partial charge in [0.2, 0.25) is 10.0 Å². The van der Waals surface area contributed by atoms with Crippen LogP contribution in [0.25, 0.3) is 0 Å². The summed E-state index contributed by atoms with van der Waals surface area (Å²) in [5, 5.41) is 9.15. The van der Waals surface area contributed by atoms with E-state index in [0.717, 1.165) is 50.3 Å². The van der Waals surface area contributed by atoms with Gasteiger partial charge in [-0.25, -0.2) is 13.4 Å². The number of pyridine rings is 1. The van der Waals surface area contributed by atoms with Crippen LogP contribution in [0, 0.1) is 6.92 Å². The van der Waals surface area contributed by atoms with E-state index >= 15 is 0 Å². The molecule has 0 unspecified atom stereocenters. The zero-order valence-corrected chi connectivity index (χ0v) is 17.0. The Morgan fingerprint density at radius 2 is 2.00 bits per heavy atom. The third-order valence-electron chi connectivity index (χ3n) is 5.51. The van der Waals surface area contributed by atoms with Crippen LogP contribution in [0.4, 0.5) is 0 Å². The zero-order valence-electron chi connectivity index (χ0n) is 15.4. The Kier molecular flexibility index (Phi) is 5.22. The van der Waals surface area contributed by atoms with E-state index in [1.54, 1.807) is 17.3 Å². The van der Waals surface area contributed by atoms with Gasteiger partial charge < -0.3 is 4.57 Å². The maximum Gasteiger partial charge on any atom is 0.244 e. The summed E-state index contributed by atoms with van der Waals surface area (Å²) >= 11 is 5.95. The van der Waals surface area contributed by atoms with Crippen molar-refractivity contribution in [2.24, 2.45) is 0 Å². The highest BCUT2D eigenvalue weighted by Crippen LogP contribution is 2.31. The smallest absolute Gasteiger partial charge is 0.244 e. The van der Waals surface area contributed by atoms with E-state index in [0.29, 0.717) is 23.8 Å². The molecule has 4 heterocycles. The van der Waals surface area contributed by atoms with Crippen molar-refractivity contribution in [2.75, 3.05) is 13.1 Å². The van der Waals surface area contributed by atoms with Gasteiger partial charge in [0.1, 0.15) is 21.7 Å². The van der Waals surface area contributed by atoms with Gasteiger partial charge in [-0.15, -0.1) is 10.2 Å². The average Bonchev–Trinajstić information content (AvgIpc) is 2.92. The number of aromatic nitrogens is 4. The van der Waals surface area contributed by atoms with Crippen LogP contribution in [0.1, 0.15) is 55.2 Å². The molecule has 0 aromatic carbocycles. The summed E-state index contributed by atoms with van der Waals surface area (Å²) in [6.45, 7) is 3.64. The molecule has 146 valence electrons. The van der Waals surface area contributed by atoms with E-state index < -0.39 is 10.0 Å². The number of hydrogen-bond donors (Lipinski definition) is 0. The molecule has 0 saturated carbocycles. The van der Waals surface area contributed by atoms with Gasteiger partial charge in [-0.3, -0.25) is 0 Å². The molecule has 2 aliphatic heterocycles. The fourth-order valence-corrected chi connectivity index (χ4v) is 5.66. The predicted molar refractivity (Wildman–Crippen MR) is 102 cm³/mol. The summed E-state index contributed by atoms with van der Waals surface area (Å²) in [6.07, 6.45) is 7.52. The quantitative estimate of drug-likeness (QED) is 0.728. The first-order chi connectivity index (χ1) is 13.0. The lowest BCUT2D eigenvalue weighted by Gasteiger charge is -2.31. The van der Waals surface area contributed by atoms with Crippen molar-refractivity contribution < 1.29 is 8.42 Å². The Hall–Kier alpha value is -1.51. The molecule has 2 aliphatic rings. The summed E-state index contributed by atoms with van der Waals surface area (Å²) in [5.41, 5.74) is 0.661. The molecule has 27 heavy (non-hydrogen) atoms. The second kappa shape index (κ2) is 7.48. The van der Waals surface area contributed by atoms with Crippen LogP contribution in [0.2, 0.25) is 5.15 Å². The maximum absolute atomic E-state index is 13.1. The third kappa shape index (κ3) is 3.62. The van der Waals surface area contributed by atoms with Crippen LogP contribution in [0.3, 0.4) is 0 Å². The first-order valence-corrected chi connectivity index (χ1v) is 11.3. The van der Waals surface area contributed by atoms with Gasteiger partial charge in [-0.2, -0.15) is 4.31 Å². The third-order valence-corrected chi connectivity index (χ3v) is 7.74. The van der Waals surface area contributed by atoms with Gasteiger partial charge in [-0.05, 0) is 44.2 Å². The van der Waals surface area contributed by atoms with Crippen LogP contribution < -0.4 is 0 Å². The highest BCUT2D eigenvalue weighted by atomic mass is 35.5. The van der Waals surface area contributed by atoms with Crippen LogP contribution >= 0.6 is 11.6 Å². The Morgan fingerprint density at radius 3 is 2.81 bits per heavy atom. The molecule has 0 N–H and O–H groups in total. The molecule has 2 aromatic heterocycles. The molecule has 1 saturated heterocycles. The molecule has 1 fully saturated rings. The van der Waals surface area contributed by atoms with Crippen molar-refractivity contribution in [2.45, 2.75) is 62.8 Å². The Labute approximate surface area is 164 Å². The number of sulfonamides is 1. The van der Waals surface area contributed by atoms with Gasteiger partial charge in [0.25, 0.3) is 0 Å². The largest absolute Gasteiger partial charge is 0.315 e. The summed E-state index contributed by atoms with van der Waals surface area (Å²) in [6, 6.07) is 1.59. The topological polar surface area (TPSA) is 81.0 Å². The first kappa shape index (κ1) is 18.8. The highest BCUT2D eigenvalue weighted by Gasteiger charge is 2.34. The molecule has 2 aromatic rings. The molecule has 9 heteroatoms. The fourth-order valence-electron chi connectivity index (χ4n) is 4.00. The van der Waals surface area contributed by atoms with Crippen molar-refractivity contribution in [3.63, 3.8) is 0 Å². The second-order valence-corrected chi connectivity index (χ2v) is 9.71. The van der Waals surface area contributed by atoms with E-state index in [1.807, 2.05) is 0 Å². The van der Waals surface area contributed by atoms with E-state index in [1.165, 1.54) is 12.6 Å². The number of aryl methyl sites for hydroxylation is 2. The summed E-state index contributed by atoms with van der Waals surface area (Å²) in [7, 11) is -3.60. The Balaban J connectivity index is 1.59. The Morgan fingerprint density at radius 1 is 1.15 bits per heavy atom. The molecule has 1 atom stereocenters. The standard InChI is InChI=1S/C18H24ClN5O2S/c1-13-10-15(11-20-17(13)19)27(25,26)23-8-5-6-14(12-23)18-22-21-16-7-3-2-4-9-24(16)18/h10-11,14H,2-9,12H2,1H3/t14-/m0/s1. The van der Waals surface area contributed by atoms with Crippen molar-refractivity contribution in [3.05, 3.63) is 34.6 Å². The highest BCUT2D eigenvalue weighted by molar-refractivity contribution is 7.89. The van der Waals surface area contributed by atoms with Crippen LogP contribution in [0.5, 0.6) is 0 Å². The monoisotopic (exact) mass is 409 g/mol. The van der Waals surface area contributed by atoms with Gasteiger partial charge in [0.05, 0.1) is 0 Å². The second-order valence-electron chi connectivity index (χ2n) is 7.42. The summed E-state index contributed by atoms with van der Waals surface area (Å²) in [4.78, 5) is 4.21. The van der Waals surface area contributed by atoms with Gasteiger partial charge >= 0.3 is 0 Å². The predicted octanol–water partition coefficient (Wildman–Crippen LogP) is 2.93. The number of halogens is 1. The molecule has 0 aliphatic carbocycles. The molecule has 0 bridgehead atoms. The Bertz CT molecular complexity index is 943. The number of piperidine rings is 1. The van der Waals surface area contributed by atoms with Crippen molar-refractivity contribution in [1.82, 2.24) is 24.1 Å². The van der Waals surface area contributed by atoms with E-state index in [-0.39, 0.29) is 10.8 Å². The van der Waals surface area contributed by atoms with Crippen LogP contribution in [0.15, 0.2) is 17.2 Å². The number of hydrogen-bond acceptors (Lipinski definition) is 5. The molecule has 4 rings (SSSR count). The molecular weight excluding hydrogens is 386 g/mol. The first-order valence-electron chi connectivity index (χ1n) is 9.51. The van der Waals surface area contributed by atoms with Gasteiger partial charge in [0, 0.05) is 38.2 Å². The lowest BCUT2D eigenvalue weighted by atomic mass is 9.99. The average molecular weight is 410 g/mol. The van der Waals surface area contributed by atoms with Crippen molar-refractivity contribution >= 4 is 21.6 Å². The number of nitrogens with zero attached hydrogens (tertiary/aromatic N) is 5. The van der Waals surface area contributed by atoms with E-state index in [4.69, 9.17) is 11.6 Å². The van der Waals surface area contributed by atoms with Crippen molar-refractivity contribution in [3.8, 4) is 0 Å². The summed E-state index contributed by atoms with van der Waals surface area (Å²) < 4.78 is 30.0. The fraction of sp³-hybridized carbons (Fsp3) is 0.611. The normalized spacial score (nSPS) is 21.6. The SMILES string of the molecule is Cc1cc(S(=O)(=O)N2CCC[C@H](c3nnc4n3CCCCC4)C2)cnc1Cl. The lowest BCUT2D eigenvalue weighted by Crippen LogP contribution is -2.39. The summed E-state index contributed by atoms with van der Waals surface area (Å²) in [5.74, 6) is 2.06. The maximum atomic E-state index is 13.1. The number of fused-ring (bicyclic) bond motifs is 1. The van der Waals surface area contributed by atoms with E-state index in [9.17, 15) is 8.42 Å². The minimum Gasteiger partial charge on any atom is -0.315 e. The van der Waals surface area contributed by atoms with Crippen LogP contribution in [-0.2, 0) is 23.0 Å². The molecule has 0 amide bonds. The van der Waals surface area contributed by atoms with Gasteiger partial charge in [-0.1, -0.05) is 18.0 Å². The minimum absolute atomic E-state index is 0.0780. The van der Waals surface area contributed by atoms with Crippen molar-refractivity contribution in [1.29, 1.82) is 0 Å². The minimum atomic E-state index is -3.60. The van der Waals surface area contributed by atoms with Crippen LogP contribution in [-0.4, -0.2) is 45.6 Å².